The molecule has 0 bridgehead atoms. The van der Waals surface area contributed by atoms with Gasteiger partial charge in [0.05, 0.1) is 22.2 Å². The fraction of sp³-hybridized carbons (Fsp3) is 0.316. The Balaban J connectivity index is 1.84. The number of carbonyl (C=O) groups excluding carboxylic acids is 1. The van der Waals surface area contributed by atoms with E-state index in [4.69, 9.17) is 11.6 Å². The van der Waals surface area contributed by atoms with E-state index in [0.29, 0.717) is 30.1 Å². The Bertz CT molecular complexity index is 795. The van der Waals surface area contributed by atoms with Gasteiger partial charge in [0, 0.05) is 24.8 Å². The van der Waals surface area contributed by atoms with Crippen molar-refractivity contribution >= 4 is 23.5 Å². The summed E-state index contributed by atoms with van der Waals surface area (Å²) in [5, 5.41) is 9.61. The molecule has 130 valence electrons. The van der Waals surface area contributed by atoms with Gasteiger partial charge in [-0.15, -0.1) is 0 Å². The molecular formula is C19H19ClN2O3. The largest absolute Gasteiger partial charge is 0.481 e. The average molecular weight is 359 g/mol. The van der Waals surface area contributed by atoms with Crippen LogP contribution in [0.1, 0.15) is 23.7 Å². The van der Waals surface area contributed by atoms with Gasteiger partial charge in [-0.25, -0.2) is 0 Å². The lowest BCUT2D eigenvalue weighted by atomic mass is 9.86. The molecule has 1 aliphatic heterocycles. The average Bonchev–Trinajstić information content (AvgIpc) is 2.62. The molecular weight excluding hydrogens is 340 g/mol. The summed E-state index contributed by atoms with van der Waals surface area (Å²) >= 11 is 6.25. The minimum Gasteiger partial charge on any atom is -0.481 e. The third-order valence-electron chi connectivity index (χ3n) is 4.67. The quantitative estimate of drug-likeness (QED) is 0.910. The van der Waals surface area contributed by atoms with Crippen molar-refractivity contribution in [1.82, 2.24) is 9.88 Å². The Labute approximate surface area is 151 Å². The number of likely N-dealkylation sites (tertiary alicyclic amines) is 1. The zero-order chi connectivity index (χ0) is 18.0. The van der Waals surface area contributed by atoms with E-state index in [2.05, 4.69) is 4.98 Å². The van der Waals surface area contributed by atoms with Crippen LogP contribution in [0.2, 0.25) is 5.02 Å². The fourth-order valence-electron chi connectivity index (χ4n) is 3.25. The summed E-state index contributed by atoms with van der Waals surface area (Å²) in [6.07, 6.45) is 2.16. The Morgan fingerprint density at radius 1 is 1.28 bits per heavy atom. The van der Waals surface area contributed by atoms with Crippen molar-refractivity contribution in [2.45, 2.75) is 13.3 Å². The normalized spacial score (nSPS) is 20.3. The highest BCUT2D eigenvalue weighted by Gasteiger charge is 2.33. The predicted octanol–water partition coefficient (Wildman–Crippen LogP) is 3.58. The molecule has 25 heavy (non-hydrogen) atoms. The molecule has 2 heterocycles. The van der Waals surface area contributed by atoms with E-state index in [9.17, 15) is 14.7 Å². The number of carbonyl (C=O) groups is 2. The van der Waals surface area contributed by atoms with Gasteiger partial charge >= 0.3 is 5.97 Å². The van der Waals surface area contributed by atoms with Gasteiger partial charge < -0.3 is 10.0 Å². The molecule has 0 radical (unpaired) electrons. The third kappa shape index (κ3) is 3.66. The highest BCUT2D eigenvalue weighted by atomic mass is 35.5. The maximum atomic E-state index is 12.9. The van der Waals surface area contributed by atoms with Crippen molar-refractivity contribution in [2.75, 3.05) is 13.1 Å². The van der Waals surface area contributed by atoms with E-state index in [1.165, 1.54) is 0 Å². The van der Waals surface area contributed by atoms with Crippen molar-refractivity contribution in [1.29, 1.82) is 0 Å². The Hall–Kier alpha value is -2.40. The molecule has 1 saturated heterocycles. The number of carboxylic acid groups (broad SMARTS) is 1. The maximum Gasteiger partial charge on any atom is 0.306 e. The van der Waals surface area contributed by atoms with E-state index in [0.717, 1.165) is 11.3 Å². The molecule has 0 saturated carbocycles. The van der Waals surface area contributed by atoms with Gasteiger partial charge in [0.15, 0.2) is 0 Å². The van der Waals surface area contributed by atoms with Crippen LogP contribution in [0.3, 0.4) is 0 Å². The van der Waals surface area contributed by atoms with Crippen molar-refractivity contribution < 1.29 is 14.7 Å². The predicted molar refractivity (Wildman–Crippen MR) is 95.5 cm³/mol. The lowest BCUT2D eigenvalue weighted by Crippen LogP contribution is -2.45. The smallest absolute Gasteiger partial charge is 0.306 e. The van der Waals surface area contributed by atoms with E-state index >= 15 is 0 Å². The van der Waals surface area contributed by atoms with Crippen molar-refractivity contribution in [2.24, 2.45) is 11.8 Å². The second-order valence-electron chi connectivity index (χ2n) is 6.37. The molecule has 1 aromatic heterocycles. The Morgan fingerprint density at radius 2 is 2.08 bits per heavy atom. The van der Waals surface area contributed by atoms with Crippen LogP contribution in [0, 0.1) is 11.8 Å². The number of benzene rings is 1. The first kappa shape index (κ1) is 17.4. The van der Waals surface area contributed by atoms with Crippen LogP contribution in [0.5, 0.6) is 0 Å². The number of rotatable bonds is 3. The van der Waals surface area contributed by atoms with Crippen LogP contribution >= 0.6 is 11.6 Å². The van der Waals surface area contributed by atoms with Crippen LogP contribution in [-0.2, 0) is 4.79 Å². The summed E-state index contributed by atoms with van der Waals surface area (Å²) in [5.74, 6) is -1.46. The number of hydrogen-bond acceptors (Lipinski definition) is 3. The van der Waals surface area contributed by atoms with Gasteiger partial charge in [0.25, 0.3) is 5.91 Å². The zero-order valence-corrected chi connectivity index (χ0v) is 14.6. The van der Waals surface area contributed by atoms with Crippen LogP contribution in [0.4, 0.5) is 0 Å². The molecule has 6 heteroatoms. The van der Waals surface area contributed by atoms with E-state index in [1.807, 2.05) is 31.2 Å². The van der Waals surface area contributed by atoms with Crippen LogP contribution in [0.15, 0.2) is 42.6 Å². The zero-order valence-electron chi connectivity index (χ0n) is 13.9. The summed E-state index contributed by atoms with van der Waals surface area (Å²) < 4.78 is 0. The number of pyridine rings is 1. The molecule has 0 spiro atoms. The second kappa shape index (κ2) is 7.23. The van der Waals surface area contributed by atoms with Crippen LogP contribution in [-0.4, -0.2) is 40.0 Å². The number of aliphatic carboxylic acids is 1. The fourth-order valence-corrected chi connectivity index (χ4v) is 3.45. The number of aromatic nitrogens is 1. The van der Waals surface area contributed by atoms with Crippen molar-refractivity contribution in [3.63, 3.8) is 0 Å². The Morgan fingerprint density at radius 3 is 2.72 bits per heavy atom. The van der Waals surface area contributed by atoms with Gasteiger partial charge in [-0.2, -0.15) is 0 Å². The minimum absolute atomic E-state index is 0.0899. The molecule has 5 nitrogen and oxygen atoms in total. The summed E-state index contributed by atoms with van der Waals surface area (Å²) in [6.45, 7) is 2.70. The van der Waals surface area contributed by atoms with Crippen molar-refractivity contribution in [3.8, 4) is 11.3 Å². The molecule has 1 aromatic carbocycles. The number of piperidine rings is 1. The SMILES string of the molecule is CC1CN(C(=O)c2cc(-c3ccccn3)ccc2Cl)CCC1C(=O)O. The number of amides is 1. The first-order valence-electron chi connectivity index (χ1n) is 8.20. The van der Waals surface area contributed by atoms with Crippen LogP contribution in [0.25, 0.3) is 11.3 Å². The monoisotopic (exact) mass is 358 g/mol. The molecule has 2 unspecified atom stereocenters. The summed E-state index contributed by atoms with van der Waals surface area (Å²) in [6, 6.07) is 10.9. The second-order valence-corrected chi connectivity index (χ2v) is 6.78. The first-order chi connectivity index (χ1) is 12.0. The number of carboxylic acids is 1. The van der Waals surface area contributed by atoms with E-state index in [-0.39, 0.29) is 11.8 Å². The molecule has 1 fully saturated rings. The molecule has 1 aliphatic rings. The van der Waals surface area contributed by atoms with Gasteiger partial charge in [-0.3, -0.25) is 14.6 Å². The Kier molecular flexibility index (Phi) is 5.04. The van der Waals surface area contributed by atoms with Gasteiger partial charge in [0.1, 0.15) is 0 Å². The van der Waals surface area contributed by atoms with Crippen LogP contribution < -0.4 is 0 Å². The highest BCUT2D eigenvalue weighted by Crippen LogP contribution is 2.28. The number of halogens is 1. The van der Waals surface area contributed by atoms with Gasteiger partial charge in [-0.1, -0.05) is 30.7 Å². The summed E-state index contributed by atoms with van der Waals surface area (Å²) in [4.78, 5) is 30.1. The lowest BCUT2D eigenvalue weighted by Gasteiger charge is -2.35. The maximum absolute atomic E-state index is 12.9. The number of nitrogens with zero attached hydrogens (tertiary/aromatic N) is 2. The van der Waals surface area contributed by atoms with Crippen molar-refractivity contribution in [3.05, 3.63) is 53.2 Å². The molecule has 1 N–H and O–H groups in total. The van der Waals surface area contributed by atoms with Gasteiger partial charge in [-0.05, 0) is 36.6 Å². The minimum atomic E-state index is -0.796. The topological polar surface area (TPSA) is 70.5 Å². The van der Waals surface area contributed by atoms with E-state index < -0.39 is 11.9 Å². The highest BCUT2D eigenvalue weighted by molar-refractivity contribution is 6.34. The van der Waals surface area contributed by atoms with Gasteiger partial charge in [0.2, 0.25) is 0 Å². The standard InChI is InChI=1S/C19H19ClN2O3/c1-12-11-22(9-7-14(12)19(24)25)18(23)15-10-13(5-6-16(15)20)17-4-2-3-8-21-17/h2-6,8,10,12,14H,7,9,11H2,1H3,(H,24,25). The molecule has 0 aliphatic carbocycles. The summed E-state index contributed by atoms with van der Waals surface area (Å²) in [7, 11) is 0. The lowest BCUT2D eigenvalue weighted by molar-refractivity contribution is -0.145. The van der Waals surface area contributed by atoms with E-state index in [1.54, 1.807) is 23.2 Å². The number of hydrogen-bond donors (Lipinski definition) is 1. The molecule has 1 amide bonds. The summed E-state index contributed by atoms with van der Waals surface area (Å²) in [5.41, 5.74) is 2.01. The molecule has 2 atom stereocenters. The third-order valence-corrected chi connectivity index (χ3v) is 5.00. The molecule has 2 aromatic rings. The molecule has 3 rings (SSSR count). The first-order valence-corrected chi connectivity index (χ1v) is 8.58.